The lowest BCUT2D eigenvalue weighted by molar-refractivity contribution is 0.0940. The third kappa shape index (κ3) is 3.91. The van der Waals surface area contributed by atoms with Gasteiger partial charge in [-0.1, -0.05) is 6.07 Å². The van der Waals surface area contributed by atoms with E-state index in [4.69, 9.17) is 4.74 Å². The van der Waals surface area contributed by atoms with Crippen LogP contribution in [0.15, 0.2) is 65.4 Å². The summed E-state index contributed by atoms with van der Waals surface area (Å²) in [6, 6.07) is 14.8. The van der Waals surface area contributed by atoms with Crippen LogP contribution in [0.3, 0.4) is 0 Å². The first kappa shape index (κ1) is 17.2. The number of hydrogen-bond donors (Lipinski definition) is 1. The van der Waals surface area contributed by atoms with Gasteiger partial charge in [0.15, 0.2) is 0 Å². The van der Waals surface area contributed by atoms with Gasteiger partial charge >= 0.3 is 0 Å². The molecule has 1 heterocycles. The van der Waals surface area contributed by atoms with E-state index in [0.717, 1.165) is 21.5 Å². The van der Waals surface area contributed by atoms with Crippen LogP contribution < -0.4 is 10.1 Å². The van der Waals surface area contributed by atoms with Crippen LogP contribution in [0.1, 0.15) is 28.9 Å². The zero-order chi connectivity index (χ0) is 17.8. The molecule has 0 aliphatic heterocycles. The van der Waals surface area contributed by atoms with Gasteiger partial charge in [-0.25, -0.2) is 4.68 Å². The number of ether oxygens (including phenoxy) is 1. The Morgan fingerprint density at radius 2 is 2.00 bits per heavy atom. The smallest absolute Gasteiger partial charge is 0.251 e. The van der Waals surface area contributed by atoms with E-state index >= 15 is 0 Å². The van der Waals surface area contributed by atoms with Crippen molar-refractivity contribution in [3.63, 3.8) is 0 Å². The molecule has 25 heavy (non-hydrogen) atoms. The summed E-state index contributed by atoms with van der Waals surface area (Å²) in [6.45, 7) is 1.95. The Balaban J connectivity index is 1.70. The maximum absolute atomic E-state index is 12.5. The highest BCUT2D eigenvalue weighted by Gasteiger charge is 2.13. The first-order chi connectivity index (χ1) is 12.1. The molecule has 1 atom stereocenters. The van der Waals surface area contributed by atoms with Gasteiger partial charge < -0.3 is 10.1 Å². The zero-order valence-corrected chi connectivity index (χ0v) is 15.5. The highest BCUT2D eigenvalue weighted by atomic mass is 79.9. The average molecular weight is 400 g/mol. The Kier molecular flexibility index (Phi) is 5.19. The molecule has 0 aliphatic rings. The first-order valence-electron chi connectivity index (χ1n) is 7.83. The summed E-state index contributed by atoms with van der Waals surface area (Å²) >= 11 is 3.47. The Hall–Kier alpha value is -2.60. The van der Waals surface area contributed by atoms with Crippen molar-refractivity contribution in [1.82, 2.24) is 15.1 Å². The molecule has 2 aromatic carbocycles. The fourth-order valence-corrected chi connectivity index (χ4v) is 3.06. The van der Waals surface area contributed by atoms with Gasteiger partial charge in [0, 0.05) is 18.0 Å². The Bertz CT molecular complexity index is 861. The quantitative estimate of drug-likeness (QED) is 0.701. The Morgan fingerprint density at radius 1 is 1.24 bits per heavy atom. The molecule has 0 fully saturated rings. The molecule has 5 nitrogen and oxygen atoms in total. The van der Waals surface area contributed by atoms with Crippen LogP contribution in [0.25, 0.3) is 5.69 Å². The lowest BCUT2D eigenvalue weighted by atomic mass is 10.1. The van der Waals surface area contributed by atoms with Crippen molar-refractivity contribution >= 4 is 21.8 Å². The van der Waals surface area contributed by atoms with Crippen LogP contribution in [0, 0.1) is 0 Å². The van der Waals surface area contributed by atoms with Gasteiger partial charge in [0.25, 0.3) is 5.91 Å². The number of benzene rings is 2. The van der Waals surface area contributed by atoms with Crippen molar-refractivity contribution in [2.24, 2.45) is 0 Å². The lowest BCUT2D eigenvalue weighted by Crippen LogP contribution is -2.26. The molecule has 128 valence electrons. The molecular weight excluding hydrogens is 382 g/mol. The molecule has 1 N–H and O–H groups in total. The minimum Gasteiger partial charge on any atom is -0.496 e. The van der Waals surface area contributed by atoms with Crippen molar-refractivity contribution in [2.75, 3.05) is 7.11 Å². The molecule has 0 saturated heterocycles. The van der Waals surface area contributed by atoms with E-state index in [2.05, 4.69) is 26.3 Å². The summed E-state index contributed by atoms with van der Waals surface area (Å²) in [5, 5.41) is 7.18. The van der Waals surface area contributed by atoms with Crippen LogP contribution >= 0.6 is 15.9 Å². The van der Waals surface area contributed by atoms with Crippen molar-refractivity contribution in [3.8, 4) is 11.4 Å². The number of carbonyl (C=O) groups is 1. The Labute approximate surface area is 154 Å². The summed E-state index contributed by atoms with van der Waals surface area (Å²) in [7, 11) is 1.62. The second kappa shape index (κ2) is 7.53. The predicted octanol–water partition coefficient (Wildman–Crippen LogP) is 4.13. The predicted molar refractivity (Wildman–Crippen MR) is 100 cm³/mol. The van der Waals surface area contributed by atoms with E-state index in [1.807, 2.05) is 49.5 Å². The first-order valence-corrected chi connectivity index (χ1v) is 8.62. The third-order valence-electron chi connectivity index (χ3n) is 3.92. The van der Waals surface area contributed by atoms with Gasteiger partial charge in [0.2, 0.25) is 0 Å². The molecule has 6 heteroatoms. The number of methoxy groups -OCH3 is 1. The van der Waals surface area contributed by atoms with E-state index in [9.17, 15) is 4.79 Å². The van der Waals surface area contributed by atoms with Gasteiger partial charge in [0.1, 0.15) is 5.75 Å². The number of carbonyl (C=O) groups excluding carboxylic acids is 1. The second-order valence-electron chi connectivity index (χ2n) is 5.59. The highest BCUT2D eigenvalue weighted by Crippen LogP contribution is 2.28. The number of nitrogens with zero attached hydrogens (tertiary/aromatic N) is 2. The molecule has 0 spiro atoms. The van der Waals surface area contributed by atoms with Gasteiger partial charge in [0.05, 0.1) is 23.3 Å². The number of nitrogens with one attached hydrogen (secondary N) is 1. The summed E-state index contributed by atoms with van der Waals surface area (Å²) in [5.74, 6) is 0.642. The van der Waals surface area contributed by atoms with Crippen molar-refractivity contribution in [3.05, 3.63) is 76.5 Å². The average Bonchev–Trinajstić information content (AvgIpc) is 3.16. The normalized spacial score (nSPS) is 11.8. The highest BCUT2D eigenvalue weighted by molar-refractivity contribution is 9.10. The maximum atomic E-state index is 12.5. The minimum absolute atomic E-state index is 0.119. The summed E-state index contributed by atoms with van der Waals surface area (Å²) < 4.78 is 7.84. The van der Waals surface area contributed by atoms with Crippen molar-refractivity contribution in [1.29, 1.82) is 0 Å². The molecule has 0 saturated carbocycles. The maximum Gasteiger partial charge on any atom is 0.251 e. The number of hydrogen-bond acceptors (Lipinski definition) is 3. The monoisotopic (exact) mass is 399 g/mol. The van der Waals surface area contributed by atoms with Gasteiger partial charge in [-0.3, -0.25) is 4.79 Å². The van der Waals surface area contributed by atoms with Crippen LogP contribution in [0.2, 0.25) is 0 Å². The third-order valence-corrected chi connectivity index (χ3v) is 4.54. The molecule has 0 radical (unpaired) electrons. The molecule has 1 amide bonds. The van der Waals surface area contributed by atoms with E-state index in [1.54, 1.807) is 30.1 Å². The Morgan fingerprint density at radius 3 is 2.60 bits per heavy atom. The molecule has 3 rings (SSSR count). The van der Waals surface area contributed by atoms with E-state index in [1.165, 1.54) is 0 Å². The second-order valence-corrected chi connectivity index (χ2v) is 6.44. The summed E-state index contributed by atoms with van der Waals surface area (Å²) in [6.07, 6.45) is 3.58. The van der Waals surface area contributed by atoms with Crippen LogP contribution in [-0.2, 0) is 0 Å². The van der Waals surface area contributed by atoms with Gasteiger partial charge in [-0.15, -0.1) is 0 Å². The van der Waals surface area contributed by atoms with Crippen molar-refractivity contribution < 1.29 is 9.53 Å². The zero-order valence-electron chi connectivity index (χ0n) is 13.9. The topological polar surface area (TPSA) is 56.1 Å². The lowest BCUT2D eigenvalue weighted by Gasteiger charge is -2.16. The number of aromatic nitrogens is 2. The van der Waals surface area contributed by atoms with E-state index in [0.29, 0.717) is 5.56 Å². The number of rotatable bonds is 5. The van der Waals surface area contributed by atoms with Crippen LogP contribution in [0.5, 0.6) is 5.75 Å². The molecule has 3 aromatic rings. The fraction of sp³-hybridized carbons (Fsp3) is 0.158. The van der Waals surface area contributed by atoms with E-state index in [-0.39, 0.29) is 11.9 Å². The minimum atomic E-state index is -0.125. The van der Waals surface area contributed by atoms with E-state index < -0.39 is 0 Å². The fourth-order valence-electron chi connectivity index (χ4n) is 2.50. The van der Waals surface area contributed by atoms with Crippen LogP contribution in [-0.4, -0.2) is 22.8 Å². The summed E-state index contributed by atoms with van der Waals surface area (Å²) in [5.41, 5.74) is 2.51. The molecule has 0 unspecified atom stereocenters. The molecule has 0 bridgehead atoms. The molecule has 0 aliphatic carbocycles. The van der Waals surface area contributed by atoms with Gasteiger partial charge in [-0.2, -0.15) is 5.10 Å². The summed E-state index contributed by atoms with van der Waals surface area (Å²) in [4.78, 5) is 12.5. The molecule has 1 aromatic heterocycles. The molecular formula is C19H18BrN3O2. The largest absolute Gasteiger partial charge is 0.496 e. The van der Waals surface area contributed by atoms with Crippen molar-refractivity contribution in [2.45, 2.75) is 13.0 Å². The van der Waals surface area contributed by atoms with Gasteiger partial charge in [-0.05, 0) is 70.9 Å². The van der Waals surface area contributed by atoms with Crippen LogP contribution in [0.4, 0.5) is 0 Å². The number of halogens is 1. The standard InChI is InChI=1S/C19H18BrN3O2/c1-13(15-6-9-18(25-2)17(20)12-15)22-19(24)14-4-7-16(8-5-14)23-11-3-10-21-23/h3-13H,1-2H3,(H,22,24)/t13-/m0/s1. The SMILES string of the molecule is COc1ccc([C@H](C)NC(=O)c2ccc(-n3cccn3)cc2)cc1Br. The number of amides is 1.